The lowest BCUT2D eigenvalue weighted by molar-refractivity contribution is -0.139. The molecule has 7 nitrogen and oxygen atoms in total. The maximum Gasteiger partial charge on any atom is 0.414 e. The van der Waals surface area contributed by atoms with E-state index >= 15 is 0 Å². The van der Waals surface area contributed by atoms with E-state index in [1.807, 2.05) is 6.07 Å². The second kappa shape index (κ2) is 8.23. The van der Waals surface area contributed by atoms with E-state index in [2.05, 4.69) is 4.74 Å². The molecule has 27 heavy (non-hydrogen) atoms. The summed E-state index contributed by atoms with van der Waals surface area (Å²) in [6.07, 6.45) is -0.638. The van der Waals surface area contributed by atoms with Crippen LogP contribution in [0.2, 0.25) is 0 Å². The molecule has 2 aromatic rings. The Kier molecular flexibility index (Phi) is 5.57. The number of cyclic esters (lactones) is 1. The van der Waals surface area contributed by atoms with E-state index in [9.17, 15) is 9.59 Å². The number of carbonyl (C=O) groups excluding carboxylic acids is 2. The molecule has 3 rings (SSSR count). The number of hydrogen-bond acceptors (Lipinski definition) is 6. The van der Waals surface area contributed by atoms with Crippen LogP contribution in [0.15, 0.2) is 48.5 Å². The monoisotopic (exact) mass is 366 g/mol. The van der Waals surface area contributed by atoms with E-state index in [1.165, 1.54) is 12.0 Å². The number of nitrogens with zero attached hydrogens (tertiary/aromatic N) is 2. The topological polar surface area (TPSA) is 88.9 Å². The molecule has 2 aromatic carbocycles. The SMILES string of the molecule is COC(=O)Cc1ccc(OCC2CN(c3ccc(C#N)cc3)C(=O)O2)cc1. The van der Waals surface area contributed by atoms with Gasteiger partial charge in [0.1, 0.15) is 12.4 Å². The summed E-state index contributed by atoms with van der Waals surface area (Å²) in [7, 11) is 1.35. The van der Waals surface area contributed by atoms with E-state index in [1.54, 1.807) is 48.5 Å². The minimum Gasteiger partial charge on any atom is -0.490 e. The normalized spacial score (nSPS) is 15.8. The Morgan fingerprint density at radius 1 is 1.22 bits per heavy atom. The highest BCUT2D eigenvalue weighted by molar-refractivity contribution is 5.89. The minimum atomic E-state index is -0.443. The summed E-state index contributed by atoms with van der Waals surface area (Å²) in [5.74, 6) is 0.320. The molecule has 1 heterocycles. The van der Waals surface area contributed by atoms with Crippen molar-refractivity contribution in [3.63, 3.8) is 0 Å². The Hall–Kier alpha value is -3.53. The fraction of sp³-hybridized carbons (Fsp3) is 0.250. The molecule has 1 aliphatic heterocycles. The van der Waals surface area contributed by atoms with Crippen molar-refractivity contribution < 1.29 is 23.8 Å². The number of carbonyl (C=O) groups is 2. The molecule has 0 spiro atoms. The number of rotatable bonds is 6. The molecular weight excluding hydrogens is 348 g/mol. The van der Waals surface area contributed by atoms with Crippen LogP contribution in [0.1, 0.15) is 11.1 Å². The average molecular weight is 366 g/mol. The molecule has 0 bridgehead atoms. The maximum absolute atomic E-state index is 12.1. The fourth-order valence-corrected chi connectivity index (χ4v) is 2.67. The smallest absolute Gasteiger partial charge is 0.414 e. The third-order valence-corrected chi connectivity index (χ3v) is 4.12. The highest BCUT2D eigenvalue weighted by Crippen LogP contribution is 2.23. The molecule has 0 aromatic heterocycles. The number of esters is 1. The molecule has 1 amide bonds. The molecule has 1 unspecified atom stereocenters. The van der Waals surface area contributed by atoms with Gasteiger partial charge in [-0.25, -0.2) is 4.79 Å². The summed E-state index contributed by atoms with van der Waals surface area (Å²) in [6, 6.07) is 15.9. The van der Waals surface area contributed by atoms with Gasteiger partial charge in [-0.1, -0.05) is 12.1 Å². The lowest BCUT2D eigenvalue weighted by atomic mass is 10.1. The van der Waals surface area contributed by atoms with Gasteiger partial charge in [0.2, 0.25) is 0 Å². The third kappa shape index (κ3) is 4.55. The van der Waals surface area contributed by atoms with E-state index < -0.39 is 12.2 Å². The van der Waals surface area contributed by atoms with Crippen LogP contribution in [0.3, 0.4) is 0 Å². The van der Waals surface area contributed by atoms with Gasteiger partial charge < -0.3 is 14.2 Å². The van der Waals surface area contributed by atoms with Gasteiger partial charge >= 0.3 is 12.1 Å². The van der Waals surface area contributed by atoms with E-state index in [0.717, 1.165) is 5.56 Å². The van der Waals surface area contributed by atoms with Crippen LogP contribution < -0.4 is 9.64 Å². The Bertz CT molecular complexity index is 855. The van der Waals surface area contributed by atoms with Crippen LogP contribution >= 0.6 is 0 Å². The van der Waals surface area contributed by atoms with Gasteiger partial charge in [0.15, 0.2) is 6.10 Å². The van der Waals surface area contributed by atoms with Crippen molar-refractivity contribution in [2.45, 2.75) is 12.5 Å². The first kappa shape index (κ1) is 18.3. The van der Waals surface area contributed by atoms with Crippen LogP contribution in [-0.4, -0.2) is 38.4 Å². The number of benzene rings is 2. The zero-order valence-corrected chi connectivity index (χ0v) is 14.8. The Labute approximate surface area is 156 Å². The lowest BCUT2D eigenvalue weighted by Crippen LogP contribution is -2.26. The van der Waals surface area contributed by atoms with Crippen molar-refractivity contribution >= 4 is 17.7 Å². The fourth-order valence-electron chi connectivity index (χ4n) is 2.67. The Balaban J connectivity index is 1.54. The summed E-state index contributed by atoms with van der Waals surface area (Å²) in [4.78, 5) is 24.8. The average Bonchev–Trinajstić information content (AvgIpc) is 3.08. The lowest BCUT2D eigenvalue weighted by Gasteiger charge is -2.13. The zero-order valence-electron chi connectivity index (χ0n) is 14.8. The first-order chi connectivity index (χ1) is 13.1. The summed E-state index contributed by atoms with van der Waals surface area (Å²) < 4.78 is 15.6. The molecule has 0 radical (unpaired) electrons. The first-order valence-electron chi connectivity index (χ1n) is 8.36. The van der Waals surface area contributed by atoms with Gasteiger partial charge in [-0.3, -0.25) is 9.69 Å². The molecule has 0 N–H and O–H groups in total. The number of ether oxygens (including phenoxy) is 3. The number of nitriles is 1. The number of anilines is 1. The summed E-state index contributed by atoms with van der Waals surface area (Å²) in [5, 5.41) is 8.84. The van der Waals surface area contributed by atoms with Crippen LogP contribution in [0, 0.1) is 11.3 Å². The molecule has 0 saturated carbocycles. The number of amides is 1. The quantitative estimate of drug-likeness (QED) is 0.730. The van der Waals surface area contributed by atoms with Crippen LogP contribution in [0.25, 0.3) is 0 Å². The summed E-state index contributed by atoms with van der Waals surface area (Å²) >= 11 is 0. The number of methoxy groups -OCH3 is 1. The molecule has 1 atom stereocenters. The zero-order chi connectivity index (χ0) is 19.2. The van der Waals surface area contributed by atoms with Crippen LogP contribution in [0.5, 0.6) is 5.75 Å². The predicted molar refractivity (Wildman–Crippen MR) is 96.4 cm³/mol. The highest BCUT2D eigenvalue weighted by atomic mass is 16.6. The molecule has 138 valence electrons. The summed E-state index contributed by atoms with van der Waals surface area (Å²) in [5.41, 5.74) is 2.03. The molecular formula is C20H18N2O5. The van der Waals surface area contributed by atoms with Crippen molar-refractivity contribution in [2.24, 2.45) is 0 Å². The predicted octanol–water partition coefficient (Wildman–Crippen LogP) is 2.68. The van der Waals surface area contributed by atoms with Crippen LogP contribution in [0.4, 0.5) is 10.5 Å². The second-order valence-electron chi connectivity index (χ2n) is 5.98. The second-order valence-corrected chi connectivity index (χ2v) is 5.98. The van der Waals surface area contributed by atoms with Crippen molar-refractivity contribution in [1.29, 1.82) is 5.26 Å². The standard InChI is InChI=1S/C20H18N2O5/c1-25-19(23)10-14-4-8-17(9-5-14)26-13-18-12-22(20(24)27-18)16-6-2-15(11-21)3-7-16/h2-9,18H,10,12-13H2,1H3. The van der Waals surface area contributed by atoms with Crippen molar-refractivity contribution in [3.8, 4) is 11.8 Å². The van der Waals surface area contributed by atoms with Gasteiger partial charge in [0, 0.05) is 5.69 Å². The molecule has 1 fully saturated rings. The van der Waals surface area contributed by atoms with Gasteiger partial charge in [0.05, 0.1) is 31.7 Å². The van der Waals surface area contributed by atoms with Gasteiger partial charge in [-0.05, 0) is 42.0 Å². The largest absolute Gasteiger partial charge is 0.490 e. The van der Waals surface area contributed by atoms with Gasteiger partial charge in [-0.15, -0.1) is 0 Å². The van der Waals surface area contributed by atoms with Gasteiger partial charge in [0.25, 0.3) is 0 Å². The van der Waals surface area contributed by atoms with Crippen molar-refractivity contribution in [3.05, 3.63) is 59.7 Å². The molecule has 0 aliphatic carbocycles. The third-order valence-electron chi connectivity index (χ3n) is 4.12. The minimum absolute atomic E-state index is 0.205. The highest BCUT2D eigenvalue weighted by Gasteiger charge is 2.32. The number of hydrogen-bond donors (Lipinski definition) is 0. The van der Waals surface area contributed by atoms with E-state index in [-0.39, 0.29) is 19.0 Å². The van der Waals surface area contributed by atoms with Crippen LogP contribution in [-0.2, 0) is 20.7 Å². The van der Waals surface area contributed by atoms with Crippen molar-refractivity contribution in [2.75, 3.05) is 25.2 Å². The molecule has 1 saturated heterocycles. The Morgan fingerprint density at radius 2 is 1.93 bits per heavy atom. The van der Waals surface area contributed by atoms with Crippen molar-refractivity contribution in [1.82, 2.24) is 0 Å². The molecule has 1 aliphatic rings. The van der Waals surface area contributed by atoms with Gasteiger partial charge in [-0.2, -0.15) is 5.26 Å². The van der Waals surface area contributed by atoms with E-state index in [0.29, 0.717) is 23.5 Å². The van der Waals surface area contributed by atoms with E-state index in [4.69, 9.17) is 14.7 Å². The Morgan fingerprint density at radius 3 is 2.56 bits per heavy atom. The summed E-state index contributed by atoms with van der Waals surface area (Å²) in [6.45, 7) is 0.583. The first-order valence-corrected chi connectivity index (χ1v) is 8.36. The molecule has 7 heteroatoms. The maximum atomic E-state index is 12.1.